The van der Waals surface area contributed by atoms with Gasteiger partial charge in [-0.25, -0.2) is 15.0 Å². The molecule has 9 heteroatoms. The van der Waals surface area contributed by atoms with E-state index in [-0.39, 0.29) is 5.91 Å². The summed E-state index contributed by atoms with van der Waals surface area (Å²) in [6.07, 6.45) is 3.42. The van der Waals surface area contributed by atoms with Crippen molar-refractivity contribution < 1.29 is 9.21 Å². The molecule has 3 aromatic rings. The number of nitrogens with two attached hydrogens (primary N) is 1. The molecule has 9 nitrogen and oxygen atoms in total. The highest BCUT2D eigenvalue weighted by molar-refractivity contribution is 5.89. The highest BCUT2D eigenvalue weighted by Gasteiger charge is 2.40. The number of aromatic nitrogens is 3. The molecule has 0 unspecified atom stereocenters. The number of oxazole rings is 1. The standard InChI is InChI=1S/C23H29N7O2/c1-13-6-7-26-21(28-13)29-18-10-16(14(2)17(11-24)15(18)3)19-12-27-22(32-19)30-9-8-25-20(31)23(30,4)5/h6-7,10,12H,8-9,11,24H2,1-5H3,(H,25,31)(H,26,28,29). The molecular formula is C23H29N7O2. The zero-order chi connectivity index (χ0) is 23.0. The average molecular weight is 436 g/mol. The first-order chi connectivity index (χ1) is 15.2. The minimum Gasteiger partial charge on any atom is -0.423 e. The van der Waals surface area contributed by atoms with Gasteiger partial charge in [0.25, 0.3) is 6.01 Å². The van der Waals surface area contributed by atoms with Gasteiger partial charge in [0.15, 0.2) is 5.76 Å². The van der Waals surface area contributed by atoms with Crippen molar-refractivity contribution in [2.24, 2.45) is 5.73 Å². The first kappa shape index (κ1) is 21.8. The number of piperazine rings is 1. The largest absolute Gasteiger partial charge is 0.423 e. The fourth-order valence-electron chi connectivity index (χ4n) is 4.04. The maximum absolute atomic E-state index is 12.3. The zero-order valence-electron chi connectivity index (χ0n) is 19.1. The summed E-state index contributed by atoms with van der Waals surface area (Å²) in [5.74, 6) is 1.08. The van der Waals surface area contributed by atoms with Crippen molar-refractivity contribution in [3.8, 4) is 11.3 Å². The summed E-state index contributed by atoms with van der Waals surface area (Å²) in [6.45, 7) is 11.2. The Bertz CT molecular complexity index is 1170. The van der Waals surface area contributed by atoms with Crippen LogP contribution in [-0.2, 0) is 11.3 Å². The highest BCUT2D eigenvalue weighted by Crippen LogP contribution is 2.36. The second kappa shape index (κ2) is 8.23. The molecule has 168 valence electrons. The van der Waals surface area contributed by atoms with E-state index in [4.69, 9.17) is 10.2 Å². The zero-order valence-corrected chi connectivity index (χ0v) is 19.1. The van der Waals surface area contributed by atoms with Gasteiger partial charge in [-0.15, -0.1) is 0 Å². The number of aryl methyl sites for hydroxylation is 1. The average Bonchev–Trinajstić information content (AvgIpc) is 3.22. The smallest absolute Gasteiger partial charge is 0.298 e. The number of amides is 1. The van der Waals surface area contributed by atoms with Gasteiger partial charge in [0.1, 0.15) is 5.54 Å². The van der Waals surface area contributed by atoms with Crippen LogP contribution in [0.1, 0.15) is 36.2 Å². The molecule has 1 aliphatic rings. The van der Waals surface area contributed by atoms with E-state index in [9.17, 15) is 4.79 Å². The summed E-state index contributed by atoms with van der Waals surface area (Å²) in [5.41, 5.74) is 11.0. The van der Waals surface area contributed by atoms with E-state index in [2.05, 4.69) is 25.6 Å². The predicted molar refractivity (Wildman–Crippen MR) is 124 cm³/mol. The van der Waals surface area contributed by atoms with Gasteiger partial charge in [0.2, 0.25) is 11.9 Å². The number of anilines is 3. The molecular weight excluding hydrogens is 406 g/mol. The number of hydrogen-bond acceptors (Lipinski definition) is 8. The van der Waals surface area contributed by atoms with Crippen molar-refractivity contribution in [1.82, 2.24) is 20.3 Å². The van der Waals surface area contributed by atoms with Crippen LogP contribution in [0.3, 0.4) is 0 Å². The first-order valence-corrected chi connectivity index (χ1v) is 10.6. The lowest BCUT2D eigenvalue weighted by atomic mass is 9.94. The SMILES string of the molecule is Cc1ccnc(Nc2cc(-c3cnc(N4CCNC(=O)C4(C)C)o3)c(C)c(CN)c2C)n1. The van der Waals surface area contributed by atoms with Gasteiger partial charge in [-0.05, 0) is 63.4 Å². The van der Waals surface area contributed by atoms with Crippen molar-refractivity contribution in [3.63, 3.8) is 0 Å². The molecule has 1 fully saturated rings. The predicted octanol–water partition coefficient (Wildman–Crippen LogP) is 2.97. The number of carbonyl (C=O) groups is 1. The number of benzene rings is 1. The van der Waals surface area contributed by atoms with Crippen LogP contribution in [0.4, 0.5) is 17.7 Å². The number of rotatable bonds is 5. The molecule has 4 rings (SSSR count). The van der Waals surface area contributed by atoms with E-state index in [1.807, 2.05) is 51.7 Å². The number of nitrogens with zero attached hydrogens (tertiary/aromatic N) is 4. The summed E-state index contributed by atoms with van der Waals surface area (Å²) >= 11 is 0. The van der Waals surface area contributed by atoms with Gasteiger partial charge < -0.3 is 25.7 Å². The second-order valence-corrected chi connectivity index (χ2v) is 8.52. The third-order valence-corrected chi connectivity index (χ3v) is 6.09. The van der Waals surface area contributed by atoms with Crippen molar-refractivity contribution in [3.05, 3.63) is 46.9 Å². The number of hydrogen-bond donors (Lipinski definition) is 3. The highest BCUT2D eigenvalue weighted by atomic mass is 16.4. The van der Waals surface area contributed by atoms with Gasteiger partial charge >= 0.3 is 0 Å². The van der Waals surface area contributed by atoms with Crippen LogP contribution in [0.2, 0.25) is 0 Å². The van der Waals surface area contributed by atoms with Crippen LogP contribution in [0.15, 0.2) is 28.9 Å². The maximum Gasteiger partial charge on any atom is 0.298 e. The number of carbonyl (C=O) groups excluding carboxylic acids is 1. The minimum absolute atomic E-state index is 0.0509. The summed E-state index contributed by atoms with van der Waals surface area (Å²) in [7, 11) is 0. The van der Waals surface area contributed by atoms with Crippen molar-refractivity contribution in [1.29, 1.82) is 0 Å². The normalized spacial score (nSPS) is 15.6. The van der Waals surface area contributed by atoms with Crippen LogP contribution in [0, 0.1) is 20.8 Å². The molecule has 4 N–H and O–H groups in total. The van der Waals surface area contributed by atoms with Crippen LogP contribution in [-0.4, -0.2) is 39.5 Å². The molecule has 1 saturated heterocycles. The van der Waals surface area contributed by atoms with E-state index in [1.54, 1.807) is 12.4 Å². The van der Waals surface area contributed by atoms with Gasteiger partial charge in [-0.2, -0.15) is 0 Å². The molecule has 0 aliphatic carbocycles. The van der Waals surface area contributed by atoms with Crippen LogP contribution < -0.4 is 21.3 Å². The Morgan fingerprint density at radius 3 is 2.75 bits per heavy atom. The molecule has 2 aromatic heterocycles. The van der Waals surface area contributed by atoms with Gasteiger partial charge in [0.05, 0.1) is 6.20 Å². The summed E-state index contributed by atoms with van der Waals surface area (Å²) in [5, 5.41) is 6.20. The topological polar surface area (TPSA) is 122 Å². The van der Waals surface area contributed by atoms with Gasteiger partial charge in [-0.3, -0.25) is 4.79 Å². The molecule has 0 saturated carbocycles. The lowest BCUT2D eigenvalue weighted by Crippen LogP contribution is -2.62. The van der Waals surface area contributed by atoms with Crippen LogP contribution >= 0.6 is 0 Å². The molecule has 0 spiro atoms. The first-order valence-electron chi connectivity index (χ1n) is 10.6. The van der Waals surface area contributed by atoms with Crippen molar-refractivity contribution in [2.75, 3.05) is 23.3 Å². The molecule has 1 aromatic carbocycles. The van der Waals surface area contributed by atoms with Crippen molar-refractivity contribution in [2.45, 2.75) is 46.7 Å². The Labute approximate surface area is 187 Å². The van der Waals surface area contributed by atoms with E-state index < -0.39 is 5.54 Å². The molecule has 1 aliphatic heterocycles. The molecule has 0 bridgehead atoms. The summed E-state index contributed by atoms with van der Waals surface area (Å²) in [4.78, 5) is 27.5. The lowest BCUT2D eigenvalue weighted by molar-refractivity contribution is -0.126. The van der Waals surface area contributed by atoms with E-state index in [0.29, 0.717) is 37.4 Å². The third-order valence-electron chi connectivity index (χ3n) is 6.09. The second-order valence-electron chi connectivity index (χ2n) is 8.52. The fraction of sp³-hybridized carbons (Fsp3) is 0.391. The van der Waals surface area contributed by atoms with Crippen molar-refractivity contribution >= 4 is 23.6 Å². The minimum atomic E-state index is -0.750. The fourth-order valence-corrected chi connectivity index (χ4v) is 4.04. The molecule has 3 heterocycles. The molecule has 1 amide bonds. The Balaban J connectivity index is 1.75. The molecule has 0 atom stereocenters. The maximum atomic E-state index is 12.3. The molecule has 32 heavy (non-hydrogen) atoms. The van der Waals surface area contributed by atoms with E-state index >= 15 is 0 Å². The van der Waals surface area contributed by atoms with E-state index in [0.717, 1.165) is 33.6 Å². The van der Waals surface area contributed by atoms with E-state index in [1.165, 1.54) is 0 Å². The Morgan fingerprint density at radius 2 is 2.03 bits per heavy atom. The Morgan fingerprint density at radius 1 is 1.25 bits per heavy atom. The van der Waals surface area contributed by atoms with Gasteiger partial charge in [0, 0.05) is 42.8 Å². The summed E-state index contributed by atoms with van der Waals surface area (Å²) in [6, 6.07) is 4.28. The molecule has 0 radical (unpaired) electrons. The number of nitrogens with one attached hydrogen (secondary N) is 2. The third kappa shape index (κ3) is 3.80. The lowest BCUT2D eigenvalue weighted by Gasteiger charge is -2.40. The monoisotopic (exact) mass is 435 g/mol. The quantitative estimate of drug-likeness (QED) is 0.559. The Hall–Kier alpha value is -3.46. The summed E-state index contributed by atoms with van der Waals surface area (Å²) < 4.78 is 6.17. The van der Waals surface area contributed by atoms with Crippen LogP contribution in [0.25, 0.3) is 11.3 Å². The van der Waals surface area contributed by atoms with Crippen LogP contribution in [0.5, 0.6) is 0 Å². The van der Waals surface area contributed by atoms with Gasteiger partial charge in [-0.1, -0.05) is 0 Å². The Kier molecular flexibility index (Phi) is 5.60.